The summed E-state index contributed by atoms with van der Waals surface area (Å²) in [6.07, 6.45) is 1.88. The summed E-state index contributed by atoms with van der Waals surface area (Å²) in [5.74, 6) is -0.166. The largest absolute Gasteiger partial charge is 0.467 e. The van der Waals surface area contributed by atoms with E-state index in [0.29, 0.717) is 17.7 Å². The smallest absolute Gasteiger partial charge is 0.256 e. The van der Waals surface area contributed by atoms with Crippen LogP contribution in [0.2, 0.25) is 0 Å². The van der Waals surface area contributed by atoms with E-state index in [2.05, 4.69) is 10.6 Å². The third-order valence-corrected chi connectivity index (χ3v) is 8.01. The molecular formula is C27H27N3O4S. The van der Waals surface area contributed by atoms with Crippen molar-refractivity contribution in [1.82, 2.24) is 15.5 Å². The van der Waals surface area contributed by atoms with Crippen molar-refractivity contribution < 1.29 is 18.8 Å². The zero-order valence-corrected chi connectivity index (χ0v) is 20.4. The van der Waals surface area contributed by atoms with Crippen molar-refractivity contribution in [2.75, 3.05) is 0 Å². The first-order valence-electron chi connectivity index (χ1n) is 11.6. The van der Waals surface area contributed by atoms with Crippen molar-refractivity contribution in [2.24, 2.45) is 0 Å². The molecule has 8 heteroatoms. The molecule has 3 atom stereocenters. The lowest BCUT2D eigenvalue weighted by molar-refractivity contribution is -0.131. The fourth-order valence-electron chi connectivity index (χ4n) is 4.82. The number of hydrogen-bond acceptors (Lipinski definition) is 5. The summed E-state index contributed by atoms with van der Waals surface area (Å²) in [6.45, 7) is 4.17. The Bertz CT molecular complexity index is 1240. The average Bonchev–Trinajstić information content (AvgIpc) is 3.53. The molecule has 0 radical (unpaired) electrons. The first kappa shape index (κ1) is 23.2. The van der Waals surface area contributed by atoms with E-state index in [9.17, 15) is 14.4 Å². The van der Waals surface area contributed by atoms with E-state index in [1.165, 1.54) is 0 Å². The monoisotopic (exact) mass is 489 g/mol. The van der Waals surface area contributed by atoms with Crippen molar-refractivity contribution in [1.29, 1.82) is 0 Å². The molecule has 7 nitrogen and oxygen atoms in total. The number of thioether (sulfide) groups is 1. The molecule has 1 fully saturated rings. The Morgan fingerprint density at radius 2 is 1.80 bits per heavy atom. The second-order valence-electron chi connectivity index (χ2n) is 9.32. The predicted molar refractivity (Wildman–Crippen MR) is 133 cm³/mol. The molecule has 0 aliphatic carbocycles. The topological polar surface area (TPSA) is 91.7 Å². The number of furan rings is 1. The van der Waals surface area contributed by atoms with E-state index in [1.807, 2.05) is 62.4 Å². The number of benzene rings is 2. The van der Waals surface area contributed by atoms with E-state index >= 15 is 0 Å². The second-order valence-corrected chi connectivity index (χ2v) is 11.1. The minimum Gasteiger partial charge on any atom is -0.467 e. The molecule has 0 spiro atoms. The Morgan fingerprint density at radius 1 is 1.06 bits per heavy atom. The third-order valence-electron chi connectivity index (χ3n) is 6.48. The van der Waals surface area contributed by atoms with Crippen LogP contribution in [0.15, 0.2) is 77.4 Å². The lowest BCUT2D eigenvalue weighted by Gasteiger charge is -2.31. The van der Waals surface area contributed by atoms with Crippen LogP contribution in [-0.4, -0.2) is 39.5 Å². The highest BCUT2D eigenvalue weighted by Crippen LogP contribution is 2.56. The van der Waals surface area contributed by atoms with Crippen LogP contribution in [0.1, 0.15) is 46.5 Å². The molecule has 3 aromatic rings. The van der Waals surface area contributed by atoms with Crippen LogP contribution >= 0.6 is 11.8 Å². The van der Waals surface area contributed by atoms with Gasteiger partial charge in [-0.15, -0.1) is 11.8 Å². The molecule has 2 aliphatic rings. The van der Waals surface area contributed by atoms with Crippen LogP contribution in [0, 0.1) is 0 Å². The highest BCUT2D eigenvalue weighted by atomic mass is 32.2. The van der Waals surface area contributed by atoms with E-state index in [4.69, 9.17) is 4.42 Å². The van der Waals surface area contributed by atoms with Crippen LogP contribution in [-0.2, 0) is 22.6 Å². The van der Waals surface area contributed by atoms with Crippen LogP contribution in [0.4, 0.5) is 0 Å². The molecule has 0 unspecified atom stereocenters. The molecule has 1 saturated heterocycles. The maximum absolute atomic E-state index is 13.7. The number of nitrogens with zero attached hydrogens (tertiary/aromatic N) is 1. The van der Waals surface area contributed by atoms with Gasteiger partial charge >= 0.3 is 0 Å². The van der Waals surface area contributed by atoms with Crippen molar-refractivity contribution in [3.8, 4) is 0 Å². The minimum atomic E-state index is -0.806. The number of rotatable bonds is 7. The van der Waals surface area contributed by atoms with Gasteiger partial charge in [0.25, 0.3) is 5.91 Å². The molecule has 2 aliphatic heterocycles. The fraction of sp³-hybridized carbons (Fsp3) is 0.296. The van der Waals surface area contributed by atoms with Crippen LogP contribution in [0.3, 0.4) is 0 Å². The van der Waals surface area contributed by atoms with Gasteiger partial charge in [-0.1, -0.05) is 48.5 Å². The van der Waals surface area contributed by atoms with Gasteiger partial charge in [-0.3, -0.25) is 14.4 Å². The molecule has 180 valence electrons. The highest BCUT2D eigenvalue weighted by molar-refractivity contribution is 8.01. The van der Waals surface area contributed by atoms with Crippen molar-refractivity contribution in [3.63, 3.8) is 0 Å². The van der Waals surface area contributed by atoms with Gasteiger partial charge in [-0.05, 0) is 43.2 Å². The number of carbonyl (C=O) groups excluding carboxylic acids is 3. The molecule has 2 N–H and O–H groups in total. The summed E-state index contributed by atoms with van der Waals surface area (Å²) in [5.41, 5.74) is 2.49. The first-order valence-corrected chi connectivity index (χ1v) is 12.5. The summed E-state index contributed by atoms with van der Waals surface area (Å²) in [4.78, 5) is 41.8. The number of hydrogen-bond donors (Lipinski definition) is 2. The van der Waals surface area contributed by atoms with Crippen molar-refractivity contribution in [3.05, 3.63) is 95.4 Å². The number of amides is 3. The maximum Gasteiger partial charge on any atom is 0.256 e. The predicted octanol–water partition coefficient (Wildman–Crippen LogP) is 3.67. The quantitative estimate of drug-likeness (QED) is 0.528. The lowest BCUT2D eigenvalue weighted by atomic mass is 9.99. The van der Waals surface area contributed by atoms with Gasteiger partial charge in [0, 0.05) is 16.7 Å². The molecule has 0 bridgehead atoms. The number of fused-ring (bicyclic) bond motifs is 3. The normalized spacial score (nSPS) is 20.7. The molecule has 1 aromatic heterocycles. The highest BCUT2D eigenvalue weighted by Gasteiger charge is 2.57. The molecule has 5 rings (SSSR count). The van der Waals surface area contributed by atoms with Gasteiger partial charge < -0.3 is 20.0 Å². The van der Waals surface area contributed by atoms with Gasteiger partial charge in [-0.25, -0.2) is 0 Å². The standard InChI is InChI=1S/C27H27N3O4S/c1-27(2)22(30-25(33)19-12-6-7-13-20(19)26(30)35-27)24(32)29-21(15-17-9-4-3-5-10-17)23(31)28-16-18-11-8-14-34-18/h3-14,21-22,26H,15-16H2,1-2H3,(H,28,31)(H,29,32)/t21-,22+,26-/m1/s1. The van der Waals surface area contributed by atoms with Gasteiger partial charge in [0.15, 0.2) is 0 Å². The third kappa shape index (κ3) is 4.46. The molecule has 0 saturated carbocycles. The lowest BCUT2D eigenvalue weighted by Crippen LogP contribution is -2.57. The van der Waals surface area contributed by atoms with E-state index in [0.717, 1.165) is 11.1 Å². The number of carbonyl (C=O) groups is 3. The Labute approximate surface area is 208 Å². The zero-order valence-electron chi connectivity index (χ0n) is 19.6. The van der Waals surface area contributed by atoms with Crippen LogP contribution in [0.25, 0.3) is 0 Å². The number of nitrogens with one attached hydrogen (secondary N) is 2. The SMILES string of the molecule is CC1(C)S[C@@H]2c3ccccc3C(=O)N2[C@H]1C(=O)N[C@H](Cc1ccccc1)C(=O)NCc1ccco1. The molecule has 2 aromatic carbocycles. The fourth-order valence-corrected chi connectivity index (χ4v) is 6.41. The van der Waals surface area contributed by atoms with Gasteiger partial charge in [-0.2, -0.15) is 0 Å². The van der Waals surface area contributed by atoms with E-state index in [-0.39, 0.29) is 29.6 Å². The summed E-state index contributed by atoms with van der Waals surface area (Å²) in [6, 6.07) is 19.1. The molecule has 3 amide bonds. The summed E-state index contributed by atoms with van der Waals surface area (Å²) in [5, 5.41) is 5.60. The Morgan fingerprint density at radius 3 is 2.54 bits per heavy atom. The minimum absolute atomic E-state index is 0.147. The van der Waals surface area contributed by atoms with Crippen molar-refractivity contribution in [2.45, 2.75) is 49.0 Å². The van der Waals surface area contributed by atoms with Gasteiger partial charge in [0.05, 0.1) is 12.8 Å². The van der Waals surface area contributed by atoms with Crippen molar-refractivity contribution >= 4 is 29.5 Å². The Balaban J connectivity index is 1.37. The Hall–Kier alpha value is -3.52. The average molecular weight is 490 g/mol. The summed E-state index contributed by atoms with van der Waals surface area (Å²) < 4.78 is 4.78. The summed E-state index contributed by atoms with van der Waals surface area (Å²) >= 11 is 1.60. The molecular weight excluding hydrogens is 462 g/mol. The van der Waals surface area contributed by atoms with Crippen LogP contribution in [0.5, 0.6) is 0 Å². The second kappa shape index (κ2) is 9.26. The van der Waals surface area contributed by atoms with E-state index in [1.54, 1.807) is 41.1 Å². The maximum atomic E-state index is 13.7. The molecule has 35 heavy (non-hydrogen) atoms. The van der Waals surface area contributed by atoms with Crippen LogP contribution < -0.4 is 10.6 Å². The first-order chi connectivity index (χ1) is 16.8. The van der Waals surface area contributed by atoms with Gasteiger partial charge in [0.2, 0.25) is 11.8 Å². The van der Waals surface area contributed by atoms with E-state index < -0.39 is 16.8 Å². The van der Waals surface area contributed by atoms with Gasteiger partial charge in [0.1, 0.15) is 23.2 Å². The zero-order chi connectivity index (χ0) is 24.6. The molecule has 3 heterocycles. The summed E-state index contributed by atoms with van der Waals surface area (Å²) in [7, 11) is 0. The Kier molecular flexibility index (Phi) is 6.15.